The van der Waals surface area contributed by atoms with Gasteiger partial charge in [0, 0.05) is 10.9 Å². The van der Waals surface area contributed by atoms with E-state index in [2.05, 4.69) is 15.6 Å². The Hall–Kier alpha value is -3.26. The number of hydrogen-bond donors (Lipinski definition) is 2. The molecule has 1 heterocycles. The lowest BCUT2D eigenvalue weighted by atomic mass is 10.2. The summed E-state index contributed by atoms with van der Waals surface area (Å²) in [6.07, 6.45) is 0. The second kappa shape index (κ2) is 8.91. The zero-order valence-corrected chi connectivity index (χ0v) is 15.0. The Morgan fingerprint density at radius 3 is 2.67 bits per heavy atom. The highest BCUT2D eigenvalue weighted by Crippen LogP contribution is 2.25. The zero-order valence-electron chi connectivity index (χ0n) is 14.1. The van der Waals surface area contributed by atoms with E-state index in [-0.39, 0.29) is 19.0 Å². The second-order valence-electron chi connectivity index (χ2n) is 5.47. The predicted molar refractivity (Wildman–Crippen MR) is 101 cm³/mol. The maximum Gasteiger partial charge on any atom is 0.258 e. The van der Waals surface area contributed by atoms with Gasteiger partial charge >= 0.3 is 0 Å². The highest BCUT2D eigenvalue weighted by Gasteiger charge is 2.10. The first-order chi connectivity index (χ1) is 13.1. The van der Waals surface area contributed by atoms with Gasteiger partial charge in [-0.2, -0.15) is 0 Å². The van der Waals surface area contributed by atoms with Gasteiger partial charge in [0.25, 0.3) is 5.91 Å². The van der Waals surface area contributed by atoms with Crippen LogP contribution in [0.4, 0.5) is 9.52 Å². The average molecular weight is 385 g/mol. The lowest BCUT2D eigenvalue weighted by Crippen LogP contribution is -2.35. The van der Waals surface area contributed by atoms with Crippen LogP contribution in [0.25, 0.3) is 11.3 Å². The summed E-state index contributed by atoms with van der Waals surface area (Å²) in [5.41, 5.74) is 1.19. The molecule has 2 amide bonds. The summed E-state index contributed by atoms with van der Waals surface area (Å²) in [4.78, 5) is 27.9. The molecule has 3 rings (SSSR count). The molecule has 0 unspecified atom stereocenters. The van der Waals surface area contributed by atoms with Crippen LogP contribution in [0.2, 0.25) is 0 Å². The van der Waals surface area contributed by atoms with Crippen LogP contribution >= 0.6 is 11.3 Å². The Morgan fingerprint density at radius 1 is 1.07 bits per heavy atom. The van der Waals surface area contributed by atoms with Crippen molar-refractivity contribution in [1.29, 1.82) is 0 Å². The van der Waals surface area contributed by atoms with E-state index in [9.17, 15) is 14.0 Å². The Morgan fingerprint density at radius 2 is 1.89 bits per heavy atom. The molecule has 0 bridgehead atoms. The van der Waals surface area contributed by atoms with Crippen LogP contribution in [-0.2, 0) is 9.59 Å². The van der Waals surface area contributed by atoms with Crippen molar-refractivity contribution >= 4 is 28.3 Å². The summed E-state index contributed by atoms with van der Waals surface area (Å²) in [5, 5.41) is 7.15. The Kier molecular flexibility index (Phi) is 6.11. The summed E-state index contributed by atoms with van der Waals surface area (Å²) >= 11 is 1.22. The predicted octanol–water partition coefficient (Wildman–Crippen LogP) is 3.08. The molecular formula is C19H16FN3O3S. The first kappa shape index (κ1) is 18.5. The minimum Gasteiger partial charge on any atom is -0.484 e. The molecule has 0 aliphatic rings. The van der Waals surface area contributed by atoms with E-state index in [0.717, 1.165) is 0 Å². The molecule has 27 heavy (non-hydrogen) atoms. The fraction of sp³-hybridized carbons (Fsp3) is 0.105. The summed E-state index contributed by atoms with van der Waals surface area (Å²) in [5.74, 6) is -0.604. The van der Waals surface area contributed by atoms with Gasteiger partial charge in [-0.3, -0.25) is 9.59 Å². The summed E-state index contributed by atoms with van der Waals surface area (Å²) in [6, 6.07) is 15.0. The largest absolute Gasteiger partial charge is 0.484 e. The number of amides is 2. The number of nitrogens with zero attached hydrogens (tertiary/aromatic N) is 1. The average Bonchev–Trinajstić information content (AvgIpc) is 3.14. The van der Waals surface area contributed by atoms with E-state index in [4.69, 9.17) is 4.74 Å². The van der Waals surface area contributed by atoms with E-state index < -0.39 is 11.8 Å². The maximum atomic E-state index is 13.3. The maximum absolute atomic E-state index is 13.3. The van der Waals surface area contributed by atoms with Crippen molar-refractivity contribution < 1.29 is 18.7 Å². The van der Waals surface area contributed by atoms with Crippen LogP contribution in [-0.4, -0.2) is 29.9 Å². The molecule has 0 fully saturated rings. The van der Waals surface area contributed by atoms with Crippen molar-refractivity contribution in [3.63, 3.8) is 0 Å². The van der Waals surface area contributed by atoms with Gasteiger partial charge in [-0.1, -0.05) is 30.3 Å². The van der Waals surface area contributed by atoms with E-state index in [1.54, 1.807) is 41.8 Å². The van der Waals surface area contributed by atoms with Gasteiger partial charge in [-0.15, -0.1) is 11.3 Å². The molecule has 0 atom stereocenters. The lowest BCUT2D eigenvalue weighted by molar-refractivity contribution is -0.125. The summed E-state index contributed by atoms with van der Waals surface area (Å²) in [6.45, 7) is -0.385. The van der Waals surface area contributed by atoms with Crippen LogP contribution in [0, 0.1) is 5.82 Å². The molecule has 138 valence electrons. The number of thiazole rings is 1. The third-order valence-electron chi connectivity index (χ3n) is 3.43. The summed E-state index contributed by atoms with van der Waals surface area (Å²) < 4.78 is 18.6. The van der Waals surface area contributed by atoms with Gasteiger partial charge < -0.3 is 15.4 Å². The molecule has 0 spiro atoms. The number of ether oxygens (including phenoxy) is 1. The quantitative estimate of drug-likeness (QED) is 0.655. The smallest absolute Gasteiger partial charge is 0.258 e. The number of benzene rings is 2. The van der Waals surface area contributed by atoms with Gasteiger partial charge in [0.2, 0.25) is 5.91 Å². The number of hydrogen-bond acceptors (Lipinski definition) is 5. The zero-order chi connectivity index (χ0) is 19.1. The van der Waals surface area contributed by atoms with Crippen LogP contribution < -0.4 is 15.4 Å². The summed E-state index contributed by atoms with van der Waals surface area (Å²) in [7, 11) is 0. The number of aromatic nitrogens is 1. The van der Waals surface area contributed by atoms with Gasteiger partial charge in [0.15, 0.2) is 11.7 Å². The molecule has 0 aliphatic carbocycles. The number of rotatable bonds is 7. The topological polar surface area (TPSA) is 80.3 Å². The molecule has 0 saturated heterocycles. The van der Waals surface area contributed by atoms with Crippen molar-refractivity contribution in [1.82, 2.24) is 10.3 Å². The third kappa shape index (κ3) is 5.61. The monoisotopic (exact) mass is 385 g/mol. The van der Waals surface area contributed by atoms with Crippen LogP contribution in [0.1, 0.15) is 0 Å². The number of halogens is 1. The van der Waals surface area contributed by atoms with Crippen LogP contribution in [0.15, 0.2) is 60.0 Å². The Labute approximate surface area is 159 Å². The normalized spacial score (nSPS) is 10.3. The number of anilines is 1. The highest BCUT2D eigenvalue weighted by atomic mass is 32.1. The van der Waals surface area contributed by atoms with Crippen LogP contribution in [0.5, 0.6) is 5.75 Å². The second-order valence-corrected chi connectivity index (χ2v) is 6.33. The van der Waals surface area contributed by atoms with Crippen LogP contribution in [0.3, 0.4) is 0 Å². The standard InChI is InChI=1S/C19H16FN3O3S/c20-14-6-4-5-13(9-14)16-12-27-19(22-16)23-17(24)10-21-18(25)11-26-15-7-2-1-3-8-15/h1-9,12H,10-11H2,(H,21,25)(H,22,23,24). The molecule has 2 aromatic carbocycles. The van der Waals surface area contributed by atoms with Crippen molar-refractivity contribution in [2.24, 2.45) is 0 Å². The molecule has 8 heteroatoms. The van der Waals surface area contributed by atoms with E-state index in [1.165, 1.54) is 23.5 Å². The first-order valence-electron chi connectivity index (χ1n) is 8.06. The molecule has 2 N–H and O–H groups in total. The number of carbonyl (C=O) groups excluding carboxylic acids is 2. The van der Waals surface area contributed by atoms with Gasteiger partial charge in [0.05, 0.1) is 12.2 Å². The molecule has 6 nitrogen and oxygen atoms in total. The minimum atomic E-state index is -0.414. The molecular weight excluding hydrogens is 369 g/mol. The number of para-hydroxylation sites is 1. The van der Waals surface area contributed by atoms with E-state index in [1.807, 2.05) is 6.07 Å². The lowest BCUT2D eigenvalue weighted by Gasteiger charge is -2.07. The SMILES string of the molecule is O=C(COc1ccccc1)NCC(=O)Nc1nc(-c2cccc(F)c2)cs1. The molecule has 0 saturated carbocycles. The van der Waals surface area contributed by atoms with E-state index in [0.29, 0.717) is 22.1 Å². The minimum absolute atomic E-state index is 0.182. The molecule has 1 aromatic heterocycles. The fourth-order valence-electron chi connectivity index (χ4n) is 2.17. The third-order valence-corrected chi connectivity index (χ3v) is 4.19. The van der Waals surface area contributed by atoms with Crippen molar-refractivity contribution in [3.05, 3.63) is 65.8 Å². The van der Waals surface area contributed by atoms with Crippen molar-refractivity contribution in [2.75, 3.05) is 18.5 Å². The number of nitrogens with one attached hydrogen (secondary N) is 2. The molecule has 0 radical (unpaired) electrons. The Bertz CT molecular complexity index is 931. The van der Waals surface area contributed by atoms with Gasteiger partial charge in [-0.25, -0.2) is 9.37 Å². The van der Waals surface area contributed by atoms with E-state index >= 15 is 0 Å². The number of carbonyl (C=O) groups is 2. The molecule has 3 aromatic rings. The van der Waals surface area contributed by atoms with Crippen molar-refractivity contribution in [3.8, 4) is 17.0 Å². The van der Waals surface area contributed by atoms with Gasteiger partial charge in [0.1, 0.15) is 11.6 Å². The fourth-order valence-corrected chi connectivity index (χ4v) is 2.91. The first-order valence-corrected chi connectivity index (χ1v) is 8.94. The Balaban J connectivity index is 1.45. The van der Waals surface area contributed by atoms with Crippen molar-refractivity contribution in [2.45, 2.75) is 0 Å². The molecule has 0 aliphatic heterocycles. The highest BCUT2D eigenvalue weighted by molar-refractivity contribution is 7.14. The van der Waals surface area contributed by atoms with Gasteiger partial charge in [-0.05, 0) is 24.3 Å².